The molecule has 1 saturated heterocycles. The number of ether oxygens (including phenoxy) is 1. The van der Waals surface area contributed by atoms with Gasteiger partial charge in [0.1, 0.15) is 18.3 Å². The summed E-state index contributed by atoms with van der Waals surface area (Å²) < 4.78 is 12.9. The van der Waals surface area contributed by atoms with Crippen molar-refractivity contribution in [1.82, 2.24) is 19.5 Å². The van der Waals surface area contributed by atoms with Crippen molar-refractivity contribution in [3.8, 4) is 0 Å². The molecule has 4 rings (SSSR count). The molecule has 0 saturated carbocycles. The lowest BCUT2D eigenvalue weighted by atomic mass is 10.2. The molecule has 0 spiro atoms. The van der Waals surface area contributed by atoms with Crippen molar-refractivity contribution in [2.24, 2.45) is 0 Å². The Balaban J connectivity index is 1.61. The van der Waals surface area contributed by atoms with E-state index < -0.39 is 6.10 Å². The van der Waals surface area contributed by atoms with E-state index >= 15 is 0 Å². The number of aliphatic hydroxyl groups excluding tert-OH is 1. The minimum Gasteiger partial charge on any atom is -0.467 e. The van der Waals surface area contributed by atoms with Crippen LogP contribution in [0.25, 0.3) is 11.2 Å². The zero-order chi connectivity index (χ0) is 15.8. The fourth-order valence-corrected chi connectivity index (χ4v) is 2.75. The first-order valence-electron chi connectivity index (χ1n) is 7.49. The topological polar surface area (TPSA) is 98.2 Å². The molecule has 0 bridgehead atoms. The number of anilines is 1. The highest BCUT2D eigenvalue weighted by molar-refractivity contribution is 5.82. The van der Waals surface area contributed by atoms with Gasteiger partial charge in [0.15, 0.2) is 17.0 Å². The molecule has 23 heavy (non-hydrogen) atoms. The molecule has 3 aromatic rings. The van der Waals surface area contributed by atoms with Gasteiger partial charge < -0.3 is 19.6 Å². The molecule has 1 aliphatic heterocycles. The van der Waals surface area contributed by atoms with Gasteiger partial charge in [-0.05, 0) is 19.1 Å². The van der Waals surface area contributed by atoms with Gasteiger partial charge in [0, 0.05) is 6.42 Å². The van der Waals surface area contributed by atoms with Crippen molar-refractivity contribution < 1.29 is 14.3 Å². The average molecular weight is 315 g/mol. The van der Waals surface area contributed by atoms with Crippen molar-refractivity contribution >= 4 is 17.0 Å². The fourth-order valence-electron chi connectivity index (χ4n) is 2.75. The van der Waals surface area contributed by atoms with Crippen LogP contribution in [0, 0.1) is 0 Å². The number of aromatic nitrogens is 4. The normalized spacial score (nSPS) is 24.3. The molecule has 120 valence electrons. The standard InChI is InChI=1S/C15H17N5O3/c1-9-11(21)5-12(23-9)20-8-19-13-14(17-7-18-15(13)20)16-6-10-3-2-4-22-10/h2-4,7-9,11-12,21H,5-6H2,1H3,(H,16,17,18)/t9-,11+,12-/m1/s1. The third-order valence-electron chi connectivity index (χ3n) is 4.04. The van der Waals surface area contributed by atoms with Crippen LogP contribution in [0.5, 0.6) is 0 Å². The van der Waals surface area contributed by atoms with E-state index in [2.05, 4.69) is 20.3 Å². The lowest BCUT2D eigenvalue weighted by molar-refractivity contribution is -0.00632. The molecular formula is C15H17N5O3. The Labute approximate surface area is 132 Å². The van der Waals surface area contributed by atoms with E-state index in [1.54, 1.807) is 12.6 Å². The highest BCUT2D eigenvalue weighted by Gasteiger charge is 2.32. The van der Waals surface area contributed by atoms with Crippen molar-refractivity contribution in [3.63, 3.8) is 0 Å². The Morgan fingerprint density at radius 1 is 1.39 bits per heavy atom. The highest BCUT2D eigenvalue weighted by Crippen LogP contribution is 2.31. The van der Waals surface area contributed by atoms with E-state index in [4.69, 9.17) is 9.15 Å². The van der Waals surface area contributed by atoms with Crippen LogP contribution in [-0.2, 0) is 11.3 Å². The number of fused-ring (bicyclic) bond motifs is 1. The summed E-state index contributed by atoms with van der Waals surface area (Å²) in [6.07, 6.45) is 4.37. The fraction of sp³-hybridized carbons (Fsp3) is 0.400. The van der Waals surface area contributed by atoms with Crippen LogP contribution in [0.1, 0.15) is 25.3 Å². The lowest BCUT2D eigenvalue weighted by Gasteiger charge is -2.12. The summed E-state index contributed by atoms with van der Waals surface area (Å²) in [6, 6.07) is 3.73. The summed E-state index contributed by atoms with van der Waals surface area (Å²) in [7, 11) is 0. The SMILES string of the molecule is C[C@H]1O[C@@H](n2cnc3c(NCc4ccco4)ncnc32)C[C@@H]1O. The van der Waals surface area contributed by atoms with Crippen molar-refractivity contribution in [2.75, 3.05) is 5.32 Å². The molecular weight excluding hydrogens is 298 g/mol. The Morgan fingerprint density at radius 3 is 3.04 bits per heavy atom. The van der Waals surface area contributed by atoms with Gasteiger partial charge in [-0.3, -0.25) is 4.57 Å². The van der Waals surface area contributed by atoms with Gasteiger partial charge >= 0.3 is 0 Å². The molecule has 1 aliphatic rings. The number of rotatable bonds is 4. The largest absolute Gasteiger partial charge is 0.467 e. The van der Waals surface area contributed by atoms with Gasteiger partial charge in [-0.2, -0.15) is 0 Å². The first-order chi connectivity index (χ1) is 11.2. The molecule has 0 aromatic carbocycles. The van der Waals surface area contributed by atoms with E-state index in [1.807, 2.05) is 23.6 Å². The molecule has 0 radical (unpaired) electrons. The molecule has 0 amide bonds. The van der Waals surface area contributed by atoms with Gasteiger partial charge in [-0.15, -0.1) is 0 Å². The first kappa shape index (κ1) is 14.2. The number of hydrogen-bond donors (Lipinski definition) is 2. The summed E-state index contributed by atoms with van der Waals surface area (Å²) in [6.45, 7) is 2.37. The van der Waals surface area contributed by atoms with Crippen LogP contribution >= 0.6 is 0 Å². The summed E-state index contributed by atoms with van der Waals surface area (Å²) in [4.78, 5) is 12.9. The maximum Gasteiger partial charge on any atom is 0.167 e. The average Bonchev–Trinajstić information content (AvgIpc) is 3.26. The monoisotopic (exact) mass is 315 g/mol. The Morgan fingerprint density at radius 2 is 2.30 bits per heavy atom. The predicted molar refractivity (Wildman–Crippen MR) is 81.6 cm³/mol. The second-order valence-corrected chi connectivity index (χ2v) is 5.58. The quantitative estimate of drug-likeness (QED) is 0.756. The third kappa shape index (κ3) is 2.55. The second kappa shape index (κ2) is 5.64. The number of aliphatic hydroxyl groups is 1. The Kier molecular flexibility index (Phi) is 3.47. The zero-order valence-electron chi connectivity index (χ0n) is 12.6. The molecule has 0 unspecified atom stereocenters. The summed E-state index contributed by atoms with van der Waals surface area (Å²) in [5.74, 6) is 1.45. The number of nitrogens with zero attached hydrogens (tertiary/aromatic N) is 4. The number of furan rings is 1. The van der Waals surface area contributed by atoms with Gasteiger partial charge in [0.05, 0.1) is 31.3 Å². The third-order valence-corrected chi connectivity index (χ3v) is 4.04. The molecule has 4 heterocycles. The Hall–Kier alpha value is -2.45. The molecule has 3 aromatic heterocycles. The highest BCUT2D eigenvalue weighted by atomic mass is 16.5. The van der Waals surface area contributed by atoms with Gasteiger partial charge in [0.25, 0.3) is 0 Å². The molecule has 1 fully saturated rings. The smallest absolute Gasteiger partial charge is 0.167 e. The number of nitrogens with one attached hydrogen (secondary N) is 1. The summed E-state index contributed by atoms with van der Waals surface area (Å²) in [5, 5.41) is 13.1. The van der Waals surface area contributed by atoms with Crippen molar-refractivity contribution in [1.29, 1.82) is 0 Å². The van der Waals surface area contributed by atoms with Crippen LogP contribution in [0.15, 0.2) is 35.5 Å². The van der Waals surface area contributed by atoms with Gasteiger partial charge in [-0.25, -0.2) is 15.0 Å². The molecule has 0 aliphatic carbocycles. The number of hydrogen-bond acceptors (Lipinski definition) is 7. The van der Waals surface area contributed by atoms with Gasteiger partial charge in [-0.1, -0.05) is 0 Å². The Bertz CT molecular complexity index is 791. The van der Waals surface area contributed by atoms with Gasteiger partial charge in [0.2, 0.25) is 0 Å². The summed E-state index contributed by atoms with van der Waals surface area (Å²) in [5.41, 5.74) is 1.34. The van der Waals surface area contributed by atoms with E-state index in [9.17, 15) is 5.11 Å². The minimum atomic E-state index is -0.476. The molecule has 3 atom stereocenters. The maximum atomic E-state index is 9.87. The molecule has 8 nitrogen and oxygen atoms in total. The van der Waals surface area contributed by atoms with Crippen LogP contribution in [0.2, 0.25) is 0 Å². The second-order valence-electron chi connectivity index (χ2n) is 5.58. The predicted octanol–water partition coefficient (Wildman–Crippen LogP) is 1.70. The lowest BCUT2D eigenvalue weighted by Crippen LogP contribution is -2.15. The van der Waals surface area contributed by atoms with Crippen LogP contribution < -0.4 is 5.32 Å². The zero-order valence-corrected chi connectivity index (χ0v) is 12.6. The maximum absolute atomic E-state index is 9.87. The van der Waals surface area contributed by atoms with Crippen molar-refractivity contribution in [3.05, 3.63) is 36.8 Å². The first-order valence-corrected chi connectivity index (χ1v) is 7.49. The number of imidazole rings is 1. The van der Waals surface area contributed by atoms with E-state index in [1.165, 1.54) is 6.33 Å². The van der Waals surface area contributed by atoms with E-state index in [0.717, 1.165) is 5.76 Å². The molecule has 2 N–H and O–H groups in total. The van der Waals surface area contributed by atoms with Crippen LogP contribution in [0.4, 0.5) is 5.82 Å². The summed E-state index contributed by atoms with van der Waals surface area (Å²) >= 11 is 0. The molecule has 8 heteroatoms. The van der Waals surface area contributed by atoms with E-state index in [0.29, 0.717) is 29.9 Å². The minimum absolute atomic E-state index is 0.198. The van der Waals surface area contributed by atoms with Crippen LogP contribution in [-0.4, -0.2) is 36.8 Å². The van der Waals surface area contributed by atoms with E-state index in [-0.39, 0.29) is 12.3 Å². The van der Waals surface area contributed by atoms with Crippen molar-refractivity contribution in [2.45, 2.75) is 38.3 Å². The van der Waals surface area contributed by atoms with Crippen LogP contribution in [0.3, 0.4) is 0 Å².